The molecular formula is C15H15ClN2S. The summed E-state index contributed by atoms with van der Waals surface area (Å²) >= 11 is 7.65. The summed E-state index contributed by atoms with van der Waals surface area (Å²) in [4.78, 5) is 0.946. The molecule has 0 atom stereocenters. The maximum Gasteiger partial charge on any atom is 0.123 e. The molecule has 2 rings (SSSR count). The predicted octanol–water partition coefficient (Wildman–Crippen LogP) is 4.22. The van der Waals surface area contributed by atoms with E-state index in [2.05, 4.69) is 31.2 Å². The van der Waals surface area contributed by atoms with Crippen molar-refractivity contribution in [3.05, 3.63) is 64.2 Å². The molecule has 0 amide bonds. The highest BCUT2D eigenvalue weighted by Gasteiger charge is 2.07. The second kappa shape index (κ2) is 6.13. The Bertz CT molecular complexity index is 611. The maximum absolute atomic E-state index is 7.59. The molecule has 0 bridgehead atoms. The van der Waals surface area contributed by atoms with E-state index in [1.807, 2.05) is 6.07 Å². The average Bonchev–Trinajstić information content (AvgIpc) is 2.36. The molecule has 98 valence electrons. The molecule has 2 aromatic rings. The van der Waals surface area contributed by atoms with E-state index in [0.717, 1.165) is 16.2 Å². The predicted molar refractivity (Wildman–Crippen MR) is 83.2 cm³/mol. The Hall–Kier alpha value is -1.45. The number of hydrogen-bond acceptors (Lipinski definition) is 2. The van der Waals surface area contributed by atoms with E-state index in [4.69, 9.17) is 22.7 Å². The normalized spacial score (nSPS) is 10.4. The lowest BCUT2D eigenvalue weighted by molar-refractivity contribution is 1.31. The minimum absolute atomic E-state index is 0.0726. The Morgan fingerprint density at radius 1 is 1.26 bits per heavy atom. The monoisotopic (exact) mass is 290 g/mol. The number of rotatable bonds is 4. The Morgan fingerprint density at radius 2 is 2.05 bits per heavy atom. The molecule has 0 saturated heterocycles. The first kappa shape index (κ1) is 14.0. The van der Waals surface area contributed by atoms with Crippen molar-refractivity contribution in [2.75, 3.05) is 0 Å². The van der Waals surface area contributed by atoms with Crippen LogP contribution in [0.15, 0.2) is 47.4 Å². The molecule has 0 saturated carbocycles. The van der Waals surface area contributed by atoms with Gasteiger partial charge in [-0.2, -0.15) is 0 Å². The van der Waals surface area contributed by atoms with Gasteiger partial charge in [-0.25, -0.2) is 0 Å². The van der Waals surface area contributed by atoms with Crippen LogP contribution in [0.2, 0.25) is 5.02 Å². The van der Waals surface area contributed by atoms with Crippen molar-refractivity contribution in [1.82, 2.24) is 0 Å². The first-order chi connectivity index (χ1) is 9.06. The van der Waals surface area contributed by atoms with Crippen molar-refractivity contribution in [1.29, 1.82) is 5.41 Å². The molecule has 2 nitrogen and oxygen atoms in total. The summed E-state index contributed by atoms with van der Waals surface area (Å²) in [6, 6.07) is 13.8. The third kappa shape index (κ3) is 3.75. The lowest BCUT2D eigenvalue weighted by Gasteiger charge is -2.09. The van der Waals surface area contributed by atoms with Gasteiger partial charge in [0, 0.05) is 21.2 Å². The Balaban J connectivity index is 2.19. The largest absolute Gasteiger partial charge is 0.384 e. The molecule has 0 aliphatic rings. The van der Waals surface area contributed by atoms with Crippen molar-refractivity contribution >= 4 is 29.2 Å². The minimum Gasteiger partial charge on any atom is -0.384 e. The number of benzene rings is 2. The highest BCUT2D eigenvalue weighted by molar-refractivity contribution is 7.98. The molecule has 3 N–H and O–H groups in total. The third-order valence-corrected chi connectivity index (χ3v) is 4.07. The highest BCUT2D eigenvalue weighted by Crippen LogP contribution is 2.29. The molecule has 0 aliphatic heterocycles. The number of nitrogens with two attached hydrogens (primary N) is 1. The van der Waals surface area contributed by atoms with E-state index < -0.39 is 0 Å². The van der Waals surface area contributed by atoms with E-state index in [0.29, 0.717) is 5.02 Å². The van der Waals surface area contributed by atoms with E-state index in [1.54, 1.807) is 23.9 Å². The summed E-state index contributed by atoms with van der Waals surface area (Å²) in [5.41, 5.74) is 8.82. The van der Waals surface area contributed by atoms with Gasteiger partial charge in [-0.3, -0.25) is 5.41 Å². The zero-order valence-corrected chi connectivity index (χ0v) is 12.2. The van der Waals surface area contributed by atoms with Crippen LogP contribution in [-0.4, -0.2) is 5.84 Å². The second-order valence-corrected chi connectivity index (χ2v) is 5.79. The van der Waals surface area contributed by atoms with Crippen molar-refractivity contribution in [3.63, 3.8) is 0 Å². The number of amidine groups is 1. The molecule has 0 spiro atoms. The van der Waals surface area contributed by atoms with Gasteiger partial charge in [0.25, 0.3) is 0 Å². The van der Waals surface area contributed by atoms with Gasteiger partial charge in [0.2, 0.25) is 0 Å². The molecule has 2 aromatic carbocycles. The van der Waals surface area contributed by atoms with Crippen LogP contribution in [0.25, 0.3) is 0 Å². The minimum atomic E-state index is 0.0726. The fourth-order valence-electron chi connectivity index (χ4n) is 1.80. The topological polar surface area (TPSA) is 49.9 Å². The lowest BCUT2D eigenvalue weighted by Crippen LogP contribution is -2.12. The Kier molecular flexibility index (Phi) is 4.51. The summed E-state index contributed by atoms with van der Waals surface area (Å²) in [5.74, 6) is 0.908. The van der Waals surface area contributed by atoms with Crippen LogP contribution in [0.5, 0.6) is 0 Å². The van der Waals surface area contributed by atoms with Crippen molar-refractivity contribution in [2.24, 2.45) is 5.73 Å². The van der Waals surface area contributed by atoms with Gasteiger partial charge in [-0.15, -0.1) is 11.8 Å². The van der Waals surface area contributed by atoms with Crippen LogP contribution in [0.3, 0.4) is 0 Å². The summed E-state index contributed by atoms with van der Waals surface area (Å²) in [6.07, 6.45) is 0. The average molecular weight is 291 g/mol. The van der Waals surface area contributed by atoms with Crippen molar-refractivity contribution in [2.45, 2.75) is 17.6 Å². The Morgan fingerprint density at radius 3 is 2.74 bits per heavy atom. The van der Waals surface area contributed by atoms with Gasteiger partial charge in [0.05, 0.1) is 0 Å². The summed E-state index contributed by atoms with van der Waals surface area (Å²) in [5, 5.41) is 8.25. The molecule has 0 unspecified atom stereocenters. The summed E-state index contributed by atoms with van der Waals surface area (Å²) in [7, 11) is 0. The summed E-state index contributed by atoms with van der Waals surface area (Å²) < 4.78 is 0. The third-order valence-electron chi connectivity index (χ3n) is 2.71. The van der Waals surface area contributed by atoms with Crippen LogP contribution < -0.4 is 5.73 Å². The number of nitrogens with one attached hydrogen (secondary N) is 1. The first-order valence-corrected chi connectivity index (χ1v) is 7.25. The standard InChI is InChI=1S/C15H15ClN2S/c1-10-3-2-4-11(7-10)9-19-14-8-12(16)5-6-13(14)15(17)18/h2-8H,9H2,1H3,(H3,17,18). The van der Waals surface area contributed by atoms with Gasteiger partial charge in [-0.05, 0) is 30.7 Å². The fourth-order valence-corrected chi connectivity index (χ4v) is 3.08. The Labute approximate surface area is 122 Å². The van der Waals surface area contributed by atoms with Gasteiger partial charge in [-0.1, -0.05) is 41.4 Å². The quantitative estimate of drug-likeness (QED) is 0.503. The highest BCUT2D eigenvalue weighted by atomic mass is 35.5. The van der Waals surface area contributed by atoms with Gasteiger partial charge < -0.3 is 5.73 Å². The van der Waals surface area contributed by atoms with Crippen molar-refractivity contribution in [3.8, 4) is 0 Å². The van der Waals surface area contributed by atoms with E-state index in [1.165, 1.54) is 11.1 Å². The van der Waals surface area contributed by atoms with Crippen LogP contribution in [-0.2, 0) is 5.75 Å². The van der Waals surface area contributed by atoms with E-state index in [-0.39, 0.29) is 5.84 Å². The molecule has 0 aliphatic carbocycles. The summed E-state index contributed by atoms with van der Waals surface area (Å²) in [6.45, 7) is 2.08. The van der Waals surface area contributed by atoms with Gasteiger partial charge in [0.1, 0.15) is 5.84 Å². The zero-order valence-electron chi connectivity index (χ0n) is 10.6. The van der Waals surface area contributed by atoms with E-state index in [9.17, 15) is 0 Å². The fraction of sp³-hybridized carbons (Fsp3) is 0.133. The lowest BCUT2D eigenvalue weighted by atomic mass is 10.2. The number of thioether (sulfide) groups is 1. The molecule has 0 radical (unpaired) electrons. The van der Waals surface area contributed by atoms with Crippen LogP contribution in [0, 0.1) is 12.3 Å². The number of halogens is 1. The van der Waals surface area contributed by atoms with Gasteiger partial charge in [0.15, 0.2) is 0 Å². The van der Waals surface area contributed by atoms with E-state index >= 15 is 0 Å². The number of hydrogen-bond donors (Lipinski definition) is 2. The maximum atomic E-state index is 7.59. The number of nitrogen functional groups attached to an aromatic ring is 1. The molecular weight excluding hydrogens is 276 g/mol. The van der Waals surface area contributed by atoms with Crippen LogP contribution in [0.1, 0.15) is 16.7 Å². The van der Waals surface area contributed by atoms with Gasteiger partial charge >= 0.3 is 0 Å². The first-order valence-electron chi connectivity index (χ1n) is 5.88. The SMILES string of the molecule is Cc1cccc(CSc2cc(Cl)ccc2C(=N)N)c1. The van der Waals surface area contributed by atoms with Crippen molar-refractivity contribution < 1.29 is 0 Å². The molecule has 4 heteroatoms. The molecule has 19 heavy (non-hydrogen) atoms. The molecule has 0 aromatic heterocycles. The van der Waals surface area contributed by atoms with Crippen LogP contribution in [0.4, 0.5) is 0 Å². The number of aryl methyl sites for hydroxylation is 1. The smallest absolute Gasteiger partial charge is 0.123 e. The second-order valence-electron chi connectivity index (χ2n) is 4.33. The zero-order chi connectivity index (χ0) is 13.8. The molecule has 0 fully saturated rings. The molecule has 0 heterocycles. The van der Waals surface area contributed by atoms with Crippen LogP contribution >= 0.6 is 23.4 Å².